The molecule has 0 aliphatic carbocycles. The van der Waals surface area contributed by atoms with Crippen LogP contribution in [0.4, 0.5) is 0 Å². The SMILES string of the molecule is CCCOc1ccc(-c2ccc(C#N)c(=O)n2CCC)cc1. The van der Waals surface area contributed by atoms with Crippen molar-refractivity contribution in [2.75, 3.05) is 6.61 Å². The second kappa shape index (κ2) is 7.46. The first kappa shape index (κ1) is 15.8. The van der Waals surface area contributed by atoms with E-state index in [1.807, 2.05) is 43.3 Å². The van der Waals surface area contributed by atoms with Crippen molar-refractivity contribution in [3.8, 4) is 23.1 Å². The molecule has 0 N–H and O–H groups in total. The Morgan fingerprint density at radius 3 is 2.41 bits per heavy atom. The predicted octanol–water partition coefficient (Wildman–Crippen LogP) is 3.59. The molecule has 1 aromatic carbocycles. The van der Waals surface area contributed by atoms with Crippen LogP contribution in [0.5, 0.6) is 5.75 Å². The number of rotatable bonds is 6. The first-order chi connectivity index (χ1) is 10.7. The highest BCUT2D eigenvalue weighted by Gasteiger charge is 2.10. The maximum absolute atomic E-state index is 12.3. The monoisotopic (exact) mass is 296 g/mol. The number of nitrogens with zero attached hydrogens (tertiary/aromatic N) is 2. The van der Waals surface area contributed by atoms with Gasteiger partial charge in [0.2, 0.25) is 0 Å². The number of hydrogen-bond donors (Lipinski definition) is 0. The predicted molar refractivity (Wildman–Crippen MR) is 86.9 cm³/mol. The molecule has 2 rings (SSSR count). The van der Waals surface area contributed by atoms with Crippen molar-refractivity contribution in [3.63, 3.8) is 0 Å². The minimum atomic E-state index is -0.229. The lowest BCUT2D eigenvalue weighted by Crippen LogP contribution is -2.23. The second-order valence-electron chi connectivity index (χ2n) is 5.07. The van der Waals surface area contributed by atoms with E-state index in [9.17, 15) is 4.79 Å². The molecule has 0 aliphatic rings. The van der Waals surface area contributed by atoms with Gasteiger partial charge in [0, 0.05) is 6.54 Å². The van der Waals surface area contributed by atoms with E-state index in [0.717, 1.165) is 29.8 Å². The van der Waals surface area contributed by atoms with Gasteiger partial charge in [-0.1, -0.05) is 13.8 Å². The van der Waals surface area contributed by atoms with Crippen molar-refractivity contribution in [1.82, 2.24) is 4.57 Å². The molecule has 0 saturated heterocycles. The summed E-state index contributed by atoms with van der Waals surface area (Å²) in [7, 11) is 0. The number of nitriles is 1. The van der Waals surface area contributed by atoms with Gasteiger partial charge in [-0.25, -0.2) is 0 Å². The van der Waals surface area contributed by atoms with Gasteiger partial charge < -0.3 is 9.30 Å². The van der Waals surface area contributed by atoms with Crippen LogP contribution >= 0.6 is 0 Å². The van der Waals surface area contributed by atoms with Crippen LogP contribution in [-0.2, 0) is 6.54 Å². The standard InChI is InChI=1S/C18H20N2O2/c1-3-11-20-17(10-7-15(13-19)18(20)21)14-5-8-16(9-6-14)22-12-4-2/h5-10H,3-4,11-12H2,1-2H3. The minimum absolute atomic E-state index is 0.181. The van der Waals surface area contributed by atoms with E-state index in [1.165, 1.54) is 0 Å². The van der Waals surface area contributed by atoms with Gasteiger partial charge in [0.25, 0.3) is 5.56 Å². The van der Waals surface area contributed by atoms with E-state index in [0.29, 0.717) is 13.2 Å². The lowest BCUT2D eigenvalue weighted by Gasteiger charge is -2.13. The lowest BCUT2D eigenvalue weighted by molar-refractivity contribution is 0.317. The fourth-order valence-electron chi connectivity index (χ4n) is 2.30. The van der Waals surface area contributed by atoms with Gasteiger partial charge in [-0.05, 0) is 54.8 Å². The molecule has 0 bridgehead atoms. The Kier molecular flexibility index (Phi) is 5.37. The van der Waals surface area contributed by atoms with Crippen LogP contribution in [-0.4, -0.2) is 11.2 Å². The zero-order chi connectivity index (χ0) is 15.9. The van der Waals surface area contributed by atoms with Crippen LogP contribution in [0, 0.1) is 11.3 Å². The fraction of sp³-hybridized carbons (Fsp3) is 0.333. The highest BCUT2D eigenvalue weighted by Crippen LogP contribution is 2.22. The smallest absolute Gasteiger partial charge is 0.268 e. The summed E-state index contributed by atoms with van der Waals surface area (Å²) in [6.45, 7) is 5.36. The largest absolute Gasteiger partial charge is 0.494 e. The van der Waals surface area contributed by atoms with Crippen molar-refractivity contribution < 1.29 is 4.74 Å². The maximum atomic E-state index is 12.3. The Bertz CT molecular complexity index is 724. The molecule has 0 atom stereocenters. The van der Waals surface area contributed by atoms with E-state index >= 15 is 0 Å². The van der Waals surface area contributed by atoms with Gasteiger partial charge in [-0.3, -0.25) is 4.79 Å². The molecule has 2 aromatic rings. The molecular formula is C18H20N2O2. The third kappa shape index (κ3) is 3.37. The van der Waals surface area contributed by atoms with Crippen molar-refractivity contribution >= 4 is 0 Å². The Balaban J connectivity index is 2.41. The average molecular weight is 296 g/mol. The molecule has 0 fully saturated rings. The van der Waals surface area contributed by atoms with Crippen LogP contribution in [0.25, 0.3) is 11.3 Å². The molecule has 0 saturated carbocycles. The molecule has 0 unspecified atom stereocenters. The lowest BCUT2D eigenvalue weighted by atomic mass is 10.1. The number of benzene rings is 1. The Hall–Kier alpha value is -2.54. The van der Waals surface area contributed by atoms with E-state index in [1.54, 1.807) is 10.6 Å². The molecule has 1 aromatic heterocycles. The number of pyridine rings is 1. The molecular weight excluding hydrogens is 276 g/mol. The van der Waals surface area contributed by atoms with Crippen molar-refractivity contribution in [1.29, 1.82) is 5.26 Å². The van der Waals surface area contributed by atoms with Gasteiger partial charge in [-0.15, -0.1) is 0 Å². The van der Waals surface area contributed by atoms with Crippen LogP contribution in [0.3, 0.4) is 0 Å². The molecule has 4 nitrogen and oxygen atoms in total. The maximum Gasteiger partial charge on any atom is 0.268 e. The van der Waals surface area contributed by atoms with Crippen LogP contribution in [0.2, 0.25) is 0 Å². The molecule has 0 amide bonds. The summed E-state index contributed by atoms with van der Waals surface area (Å²) in [4.78, 5) is 12.3. The molecule has 1 heterocycles. The third-order valence-electron chi connectivity index (χ3n) is 3.36. The summed E-state index contributed by atoms with van der Waals surface area (Å²) in [6, 6.07) is 13.1. The topological polar surface area (TPSA) is 55.0 Å². The van der Waals surface area contributed by atoms with Crippen LogP contribution in [0.15, 0.2) is 41.2 Å². The highest BCUT2D eigenvalue weighted by atomic mass is 16.5. The van der Waals surface area contributed by atoms with Crippen LogP contribution < -0.4 is 10.3 Å². The fourth-order valence-corrected chi connectivity index (χ4v) is 2.30. The minimum Gasteiger partial charge on any atom is -0.494 e. The van der Waals surface area contributed by atoms with Crippen molar-refractivity contribution in [2.45, 2.75) is 33.2 Å². The van der Waals surface area contributed by atoms with Gasteiger partial charge in [0.1, 0.15) is 17.4 Å². The first-order valence-corrected chi connectivity index (χ1v) is 7.58. The average Bonchev–Trinajstić information content (AvgIpc) is 2.55. The van der Waals surface area contributed by atoms with Gasteiger partial charge in [0.05, 0.1) is 12.3 Å². The summed E-state index contributed by atoms with van der Waals surface area (Å²) in [5.41, 5.74) is 1.72. The van der Waals surface area contributed by atoms with E-state index in [-0.39, 0.29) is 11.1 Å². The zero-order valence-electron chi connectivity index (χ0n) is 13.0. The summed E-state index contributed by atoms with van der Waals surface area (Å²) >= 11 is 0. The number of ether oxygens (including phenoxy) is 1. The normalized spacial score (nSPS) is 10.2. The molecule has 0 radical (unpaired) electrons. The highest BCUT2D eigenvalue weighted by molar-refractivity contribution is 5.61. The Morgan fingerprint density at radius 2 is 1.82 bits per heavy atom. The van der Waals surface area contributed by atoms with Gasteiger partial charge in [-0.2, -0.15) is 5.26 Å². The quantitative estimate of drug-likeness (QED) is 0.818. The summed E-state index contributed by atoms with van der Waals surface area (Å²) in [5.74, 6) is 0.823. The van der Waals surface area contributed by atoms with E-state index < -0.39 is 0 Å². The molecule has 0 spiro atoms. The van der Waals surface area contributed by atoms with E-state index in [2.05, 4.69) is 6.92 Å². The van der Waals surface area contributed by atoms with Crippen molar-refractivity contribution in [2.24, 2.45) is 0 Å². The number of aromatic nitrogens is 1. The second-order valence-corrected chi connectivity index (χ2v) is 5.07. The summed E-state index contributed by atoms with van der Waals surface area (Å²) < 4.78 is 7.24. The third-order valence-corrected chi connectivity index (χ3v) is 3.36. The molecule has 22 heavy (non-hydrogen) atoms. The van der Waals surface area contributed by atoms with Gasteiger partial charge >= 0.3 is 0 Å². The van der Waals surface area contributed by atoms with Gasteiger partial charge in [0.15, 0.2) is 0 Å². The zero-order valence-corrected chi connectivity index (χ0v) is 13.0. The summed E-state index contributed by atoms with van der Waals surface area (Å²) in [6.07, 6.45) is 1.80. The number of hydrogen-bond acceptors (Lipinski definition) is 3. The summed E-state index contributed by atoms with van der Waals surface area (Å²) in [5, 5.41) is 9.01. The Labute approximate surface area is 130 Å². The molecule has 0 aliphatic heterocycles. The Morgan fingerprint density at radius 1 is 1.09 bits per heavy atom. The molecule has 114 valence electrons. The van der Waals surface area contributed by atoms with E-state index in [4.69, 9.17) is 10.00 Å². The molecule has 4 heteroatoms. The first-order valence-electron chi connectivity index (χ1n) is 7.58. The van der Waals surface area contributed by atoms with Crippen molar-refractivity contribution in [3.05, 3.63) is 52.3 Å². The van der Waals surface area contributed by atoms with Crippen LogP contribution in [0.1, 0.15) is 32.3 Å².